The highest BCUT2D eigenvalue weighted by Crippen LogP contribution is 2.11. The minimum atomic E-state index is -0.833. The maximum atomic E-state index is 10.2. The Hall–Kier alpha value is -0.610. The summed E-state index contributed by atoms with van der Waals surface area (Å²) in [6, 6.07) is 0. The quantitative estimate of drug-likeness (QED) is 0.311. The van der Waals surface area contributed by atoms with Crippen LogP contribution in [0.1, 0.15) is 84.0 Å². The predicted octanol–water partition coefficient (Wildman–Crippen LogP) is 4.76. The van der Waals surface area contributed by atoms with E-state index < -0.39 is 5.97 Å². The van der Waals surface area contributed by atoms with Gasteiger partial charge in [-0.3, -0.25) is 4.79 Å². The zero-order valence-corrected chi connectivity index (χ0v) is 13.8. The molecule has 1 N–H and O–H groups in total. The van der Waals surface area contributed by atoms with Crippen molar-refractivity contribution in [3.63, 3.8) is 0 Å². The van der Waals surface area contributed by atoms with Gasteiger partial charge in [-0.15, -0.1) is 0 Å². The molecule has 0 radical (unpaired) electrons. The van der Waals surface area contributed by atoms with E-state index >= 15 is 0 Å². The molecule has 0 aliphatic rings. The highest BCUT2D eigenvalue weighted by Gasteiger charge is 1.96. The summed E-state index contributed by atoms with van der Waals surface area (Å²) in [4.78, 5) is 10.2. The number of hydrogen-bond acceptors (Lipinski definition) is 3. The zero-order valence-electron chi connectivity index (χ0n) is 13.8. The summed E-state index contributed by atoms with van der Waals surface area (Å²) in [5.41, 5.74) is 0. The molecule has 4 heteroatoms. The smallest absolute Gasteiger partial charge is 0.305 e. The number of unbranched alkanes of at least 4 members (excludes halogenated alkanes) is 10. The van der Waals surface area contributed by atoms with Gasteiger partial charge in [0.05, 0.1) is 13.0 Å². The largest absolute Gasteiger partial charge is 0.481 e. The Morgan fingerprint density at radius 3 is 1.76 bits per heavy atom. The van der Waals surface area contributed by atoms with Crippen molar-refractivity contribution in [1.82, 2.24) is 0 Å². The van der Waals surface area contributed by atoms with E-state index in [1.807, 2.05) is 0 Å². The lowest BCUT2D eigenvalue weighted by molar-refractivity contribution is -0.139. The molecule has 0 bridgehead atoms. The summed E-state index contributed by atoms with van der Waals surface area (Å²) in [6.45, 7) is 3.41. The first kappa shape index (κ1) is 20.4. The van der Waals surface area contributed by atoms with Gasteiger partial charge in [-0.05, 0) is 6.42 Å². The van der Waals surface area contributed by atoms with Crippen LogP contribution in [0.15, 0.2) is 0 Å². The van der Waals surface area contributed by atoms with E-state index in [2.05, 4.69) is 6.92 Å². The van der Waals surface area contributed by atoms with E-state index in [0.717, 1.165) is 6.42 Å². The Labute approximate surface area is 130 Å². The molecule has 0 amide bonds. The van der Waals surface area contributed by atoms with E-state index in [9.17, 15) is 4.79 Å². The van der Waals surface area contributed by atoms with Gasteiger partial charge in [0.15, 0.2) is 0 Å². The summed E-state index contributed by atoms with van der Waals surface area (Å²) in [5, 5.41) is 8.41. The van der Waals surface area contributed by atoms with E-state index in [0.29, 0.717) is 6.61 Å². The Morgan fingerprint density at radius 1 is 0.762 bits per heavy atom. The topological polar surface area (TPSA) is 55.8 Å². The molecule has 0 heterocycles. The van der Waals surface area contributed by atoms with Crippen molar-refractivity contribution in [2.24, 2.45) is 0 Å². The van der Waals surface area contributed by atoms with Gasteiger partial charge in [0.2, 0.25) is 0 Å². The molecule has 0 saturated heterocycles. The average Bonchev–Trinajstić information content (AvgIpc) is 2.46. The fourth-order valence-electron chi connectivity index (χ4n) is 2.20. The SMILES string of the molecule is CCCCCCCCCCCCCOCOCCC(=O)O. The molecule has 0 aromatic heterocycles. The predicted molar refractivity (Wildman–Crippen MR) is 85.5 cm³/mol. The van der Waals surface area contributed by atoms with Crippen molar-refractivity contribution in [2.45, 2.75) is 84.0 Å². The first-order valence-corrected chi connectivity index (χ1v) is 8.64. The molecule has 0 aromatic rings. The Kier molecular flexibility index (Phi) is 16.9. The molecule has 0 saturated carbocycles. The van der Waals surface area contributed by atoms with Gasteiger partial charge in [-0.25, -0.2) is 0 Å². The highest BCUT2D eigenvalue weighted by molar-refractivity contribution is 5.66. The number of carboxylic acids is 1. The molecule has 21 heavy (non-hydrogen) atoms. The van der Waals surface area contributed by atoms with Crippen LogP contribution in [0.4, 0.5) is 0 Å². The standard InChI is InChI=1S/C17H34O4/c1-2-3-4-5-6-7-8-9-10-11-12-14-20-16-21-15-13-17(18)19/h2-16H2,1H3,(H,18,19). The second-order valence-corrected chi connectivity index (χ2v) is 5.61. The van der Waals surface area contributed by atoms with Gasteiger partial charge >= 0.3 is 5.97 Å². The highest BCUT2D eigenvalue weighted by atomic mass is 16.7. The molecule has 0 fully saturated rings. The van der Waals surface area contributed by atoms with Crippen LogP contribution in [0.2, 0.25) is 0 Å². The van der Waals surface area contributed by atoms with Crippen LogP contribution in [0, 0.1) is 0 Å². The fraction of sp³-hybridized carbons (Fsp3) is 0.941. The molecular weight excluding hydrogens is 268 g/mol. The number of hydrogen-bond donors (Lipinski definition) is 1. The molecule has 0 aliphatic heterocycles. The number of ether oxygens (including phenoxy) is 2. The lowest BCUT2D eigenvalue weighted by atomic mass is 10.1. The summed E-state index contributed by atoms with van der Waals surface area (Å²) in [6.07, 6.45) is 14.6. The van der Waals surface area contributed by atoms with Crippen molar-refractivity contribution in [3.05, 3.63) is 0 Å². The number of carboxylic acid groups (broad SMARTS) is 1. The van der Waals surface area contributed by atoms with Crippen LogP contribution in [-0.2, 0) is 14.3 Å². The normalized spacial score (nSPS) is 10.9. The van der Waals surface area contributed by atoms with Crippen LogP contribution in [0.25, 0.3) is 0 Å². The van der Waals surface area contributed by atoms with E-state index in [4.69, 9.17) is 14.6 Å². The van der Waals surface area contributed by atoms with Gasteiger partial charge in [0.1, 0.15) is 6.79 Å². The summed E-state index contributed by atoms with van der Waals surface area (Å²) >= 11 is 0. The fourth-order valence-corrected chi connectivity index (χ4v) is 2.20. The Bertz CT molecular complexity index is 219. The summed E-state index contributed by atoms with van der Waals surface area (Å²) in [5.74, 6) is -0.833. The van der Waals surface area contributed by atoms with Gasteiger partial charge in [-0.1, -0.05) is 71.1 Å². The second kappa shape index (κ2) is 17.4. The second-order valence-electron chi connectivity index (χ2n) is 5.61. The molecule has 0 rings (SSSR count). The van der Waals surface area contributed by atoms with Crippen LogP contribution in [-0.4, -0.2) is 31.1 Å². The number of rotatable bonds is 17. The van der Waals surface area contributed by atoms with E-state index in [1.165, 1.54) is 64.2 Å². The third-order valence-corrected chi connectivity index (χ3v) is 3.52. The van der Waals surface area contributed by atoms with Gasteiger partial charge < -0.3 is 14.6 Å². The maximum absolute atomic E-state index is 10.2. The molecule has 0 aromatic carbocycles. The van der Waals surface area contributed by atoms with Crippen LogP contribution >= 0.6 is 0 Å². The lowest BCUT2D eigenvalue weighted by Crippen LogP contribution is -2.06. The molecule has 0 aliphatic carbocycles. The van der Waals surface area contributed by atoms with Crippen molar-refractivity contribution >= 4 is 5.97 Å². The molecule has 4 nitrogen and oxygen atoms in total. The molecule has 0 unspecified atom stereocenters. The van der Waals surface area contributed by atoms with E-state index in [-0.39, 0.29) is 19.8 Å². The Balaban J connectivity index is 2.95. The lowest BCUT2D eigenvalue weighted by Gasteiger charge is -2.05. The minimum Gasteiger partial charge on any atom is -0.481 e. The van der Waals surface area contributed by atoms with Crippen LogP contribution in [0.3, 0.4) is 0 Å². The molecule has 0 atom stereocenters. The molecule has 126 valence electrons. The minimum absolute atomic E-state index is 0.0435. The van der Waals surface area contributed by atoms with E-state index in [1.54, 1.807) is 0 Å². The van der Waals surface area contributed by atoms with Crippen LogP contribution in [0.5, 0.6) is 0 Å². The first-order chi connectivity index (χ1) is 10.3. The Morgan fingerprint density at radius 2 is 1.24 bits per heavy atom. The first-order valence-electron chi connectivity index (χ1n) is 8.64. The van der Waals surface area contributed by atoms with Crippen LogP contribution < -0.4 is 0 Å². The third-order valence-electron chi connectivity index (χ3n) is 3.52. The third kappa shape index (κ3) is 19.4. The van der Waals surface area contributed by atoms with Gasteiger partial charge in [0.25, 0.3) is 0 Å². The van der Waals surface area contributed by atoms with Crippen molar-refractivity contribution in [1.29, 1.82) is 0 Å². The number of carbonyl (C=O) groups is 1. The van der Waals surface area contributed by atoms with Crippen molar-refractivity contribution in [3.8, 4) is 0 Å². The monoisotopic (exact) mass is 302 g/mol. The average molecular weight is 302 g/mol. The van der Waals surface area contributed by atoms with Crippen molar-refractivity contribution < 1.29 is 19.4 Å². The zero-order chi connectivity index (χ0) is 15.6. The van der Waals surface area contributed by atoms with Gasteiger partial charge in [0, 0.05) is 6.61 Å². The van der Waals surface area contributed by atoms with Gasteiger partial charge in [-0.2, -0.15) is 0 Å². The summed E-state index contributed by atoms with van der Waals surface area (Å²) < 4.78 is 10.3. The maximum Gasteiger partial charge on any atom is 0.305 e. The summed E-state index contributed by atoms with van der Waals surface area (Å²) in [7, 11) is 0. The molecular formula is C17H34O4. The van der Waals surface area contributed by atoms with Crippen molar-refractivity contribution in [2.75, 3.05) is 20.0 Å². The molecule has 0 spiro atoms. The number of aliphatic carboxylic acids is 1.